The van der Waals surface area contributed by atoms with E-state index in [0.29, 0.717) is 19.4 Å². The van der Waals surface area contributed by atoms with E-state index in [1.165, 1.54) is 17.0 Å². The average Bonchev–Trinajstić information content (AvgIpc) is 2.53. The Balaban J connectivity index is 2.45. The molecule has 0 unspecified atom stereocenters. The van der Waals surface area contributed by atoms with Gasteiger partial charge in [0, 0.05) is 18.0 Å². The Bertz CT molecular complexity index is 487. The molecule has 1 amide bonds. The molecule has 0 radical (unpaired) electrons. The van der Waals surface area contributed by atoms with Crippen LogP contribution < -0.4 is 4.90 Å². The number of carbonyl (C=O) groups excluding carboxylic acids is 1. The third-order valence-corrected chi connectivity index (χ3v) is 3.36. The smallest absolute Gasteiger partial charge is 0.312 e. The zero-order chi connectivity index (χ0) is 14.0. The first kappa shape index (κ1) is 14.2. The predicted molar refractivity (Wildman–Crippen MR) is 67.3 cm³/mol. The van der Waals surface area contributed by atoms with Gasteiger partial charge in [-0.25, -0.2) is 0 Å². The van der Waals surface area contributed by atoms with Crippen LogP contribution >= 0.6 is 11.6 Å². The van der Waals surface area contributed by atoms with Crippen molar-refractivity contribution in [3.8, 4) is 0 Å². The lowest BCUT2D eigenvalue weighted by Gasteiger charge is -2.24. The predicted octanol–water partition coefficient (Wildman–Crippen LogP) is 4.27. The molecule has 0 atom stereocenters. The molecule has 6 heteroatoms. The van der Waals surface area contributed by atoms with Crippen molar-refractivity contribution in [1.82, 2.24) is 0 Å². The standard InChI is InChI=1S/C13H13ClF3NO/c14-9-5-6-11(10(8-9)13(15,16)17)18-7-3-1-2-4-12(18)19/h5-6,8H,1-4,7H2. The summed E-state index contributed by atoms with van der Waals surface area (Å²) in [6.07, 6.45) is -1.93. The second-order valence-corrected chi connectivity index (χ2v) is 4.95. The molecular weight excluding hydrogens is 279 g/mol. The Morgan fingerprint density at radius 3 is 2.58 bits per heavy atom. The first-order valence-corrected chi connectivity index (χ1v) is 6.44. The molecule has 1 aromatic rings. The maximum Gasteiger partial charge on any atom is 0.418 e. The highest BCUT2D eigenvalue weighted by Gasteiger charge is 2.36. The summed E-state index contributed by atoms with van der Waals surface area (Å²) >= 11 is 5.63. The normalized spacial score (nSPS) is 17.5. The van der Waals surface area contributed by atoms with Gasteiger partial charge in [0.05, 0.1) is 11.3 Å². The third kappa shape index (κ3) is 3.21. The summed E-state index contributed by atoms with van der Waals surface area (Å²) in [6, 6.07) is 3.52. The Labute approximate surface area is 114 Å². The highest BCUT2D eigenvalue weighted by atomic mass is 35.5. The maximum atomic E-state index is 13.0. The van der Waals surface area contributed by atoms with Crippen LogP contribution in [0, 0.1) is 0 Å². The molecule has 19 heavy (non-hydrogen) atoms. The van der Waals surface area contributed by atoms with Gasteiger partial charge >= 0.3 is 6.18 Å². The van der Waals surface area contributed by atoms with Crippen LogP contribution in [-0.2, 0) is 11.0 Å². The lowest BCUT2D eigenvalue weighted by Crippen LogP contribution is -2.32. The van der Waals surface area contributed by atoms with Crippen molar-refractivity contribution in [3.05, 3.63) is 28.8 Å². The number of amides is 1. The van der Waals surface area contributed by atoms with Crippen LogP contribution in [0.1, 0.15) is 31.2 Å². The number of carbonyl (C=O) groups is 1. The van der Waals surface area contributed by atoms with Gasteiger partial charge in [0.15, 0.2) is 0 Å². The van der Waals surface area contributed by atoms with E-state index in [9.17, 15) is 18.0 Å². The Morgan fingerprint density at radius 1 is 1.16 bits per heavy atom. The SMILES string of the molecule is O=C1CCCCCN1c1ccc(Cl)cc1C(F)(F)F. The van der Waals surface area contributed by atoms with Gasteiger partial charge in [-0.1, -0.05) is 18.0 Å². The lowest BCUT2D eigenvalue weighted by atomic mass is 10.1. The van der Waals surface area contributed by atoms with Crippen molar-refractivity contribution in [1.29, 1.82) is 0 Å². The van der Waals surface area contributed by atoms with Crippen molar-refractivity contribution >= 4 is 23.2 Å². The number of hydrogen-bond acceptors (Lipinski definition) is 1. The van der Waals surface area contributed by atoms with Crippen molar-refractivity contribution in [2.24, 2.45) is 0 Å². The van der Waals surface area contributed by atoms with Gasteiger partial charge in [-0.15, -0.1) is 0 Å². The van der Waals surface area contributed by atoms with E-state index >= 15 is 0 Å². The van der Waals surface area contributed by atoms with Gasteiger partial charge in [-0.05, 0) is 31.0 Å². The maximum absolute atomic E-state index is 13.0. The van der Waals surface area contributed by atoms with Crippen molar-refractivity contribution in [2.75, 3.05) is 11.4 Å². The first-order chi connectivity index (χ1) is 8.89. The summed E-state index contributed by atoms with van der Waals surface area (Å²) in [5.41, 5.74) is -0.945. The van der Waals surface area contributed by atoms with Gasteiger partial charge in [0.25, 0.3) is 0 Å². The summed E-state index contributed by atoms with van der Waals surface area (Å²) < 4.78 is 39.0. The van der Waals surface area contributed by atoms with Crippen LogP contribution in [0.4, 0.5) is 18.9 Å². The number of anilines is 1. The summed E-state index contributed by atoms with van der Waals surface area (Å²) in [6.45, 7) is 0.323. The fourth-order valence-corrected chi connectivity index (χ4v) is 2.38. The van der Waals surface area contributed by atoms with E-state index in [0.717, 1.165) is 18.9 Å². The highest BCUT2D eigenvalue weighted by molar-refractivity contribution is 6.30. The van der Waals surface area contributed by atoms with Crippen molar-refractivity contribution in [2.45, 2.75) is 31.9 Å². The molecule has 1 saturated heterocycles. The first-order valence-electron chi connectivity index (χ1n) is 6.07. The van der Waals surface area contributed by atoms with Crippen LogP contribution in [0.2, 0.25) is 5.02 Å². The van der Waals surface area contributed by atoms with Gasteiger partial charge < -0.3 is 4.90 Å². The van der Waals surface area contributed by atoms with Gasteiger partial charge in [0.1, 0.15) is 0 Å². The molecule has 0 aliphatic carbocycles. The molecule has 1 aromatic carbocycles. The van der Waals surface area contributed by atoms with Crippen LogP contribution in [0.25, 0.3) is 0 Å². The Kier molecular flexibility index (Phi) is 4.04. The molecule has 0 saturated carbocycles. The quantitative estimate of drug-likeness (QED) is 0.757. The largest absolute Gasteiger partial charge is 0.418 e. The van der Waals surface area contributed by atoms with Crippen molar-refractivity contribution < 1.29 is 18.0 Å². The summed E-state index contributed by atoms with van der Waals surface area (Å²) in [7, 11) is 0. The molecule has 2 rings (SSSR count). The minimum absolute atomic E-state index is 0.0124. The van der Waals surface area contributed by atoms with E-state index in [1.807, 2.05) is 0 Å². The molecule has 1 aliphatic heterocycles. The molecule has 1 heterocycles. The molecule has 0 spiro atoms. The van der Waals surface area contributed by atoms with Gasteiger partial charge in [-0.3, -0.25) is 4.79 Å². The molecule has 0 aromatic heterocycles. The molecule has 1 fully saturated rings. The van der Waals surface area contributed by atoms with Crippen LogP contribution in [0.3, 0.4) is 0 Å². The lowest BCUT2D eigenvalue weighted by molar-refractivity contribution is -0.137. The summed E-state index contributed by atoms with van der Waals surface area (Å²) in [4.78, 5) is 13.1. The number of halogens is 4. The fourth-order valence-electron chi connectivity index (χ4n) is 2.21. The molecular formula is C13H13ClF3NO. The topological polar surface area (TPSA) is 20.3 Å². The molecule has 0 N–H and O–H groups in total. The minimum atomic E-state index is -4.52. The fraction of sp³-hybridized carbons (Fsp3) is 0.462. The highest BCUT2D eigenvalue weighted by Crippen LogP contribution is 2.39. The average molecular weight is 292 g/mol. The van der Waals surface area contributed by atoms with Crippen LogP contribution in [0.15, 0.2) is 18.2 Å². The van der Waals surface area contributed by atoms with E-state index < -0.39 is 11.7 Å². The van der Waals surface area contributed by atoms with Crippen molar-refractivity contribution in [3.63, 3.8) is 0 Å². The number of rotatable bonds is 1. The van der Waals surface area contributed by atoms with Gasteiger partial charge in [-0.2, -0.15) is 13.2 Å². The number of nitrogens with zero attached hydrogens (tertiary/aromatic N) is 1. The monoisotopic (exact) mass is 291 g/mol. The van der Waals surface area contributed by atoms with E-state index in [4.69, 9.17) is 11.6 Å². The van der Waals surface area contributed by atoms with E-state index in [2.05, 4.69) is 0 Å². The Hall–Kier alpha value is -1.23. The summed E-state index contributed by atoms with van der Waals surface area (Å²) in [5.74, 6) is -0.259. The minimum Gasteiger partial charge on any atom is -0.312 e. The Morgan fingerprint density at radius 2 is 1.89 bits per heavy atom. The van der Waals surface area contributed by atoms with E-state index in [-0.39, 0.29) is 16.6 Å². The second-order valence-electron chi connectivity index (χ2n) is 4.52. The molecule has 104 valence electrons. The third-order valence-electron chi connectivity index (χ3n) is 3.13. The molecule has 1 aliphatic rings. The van der Waals surface area contributed by atoms with Gasteiger partial charge in [0.2, 0.25) is 5.91 Å². The molecule has 0 bridgehead atoms. The zero-order valence-electron chi connectivity index (χ0n) is 10.1. The second kappa shape index (κ2) is 5.41. The van der Waals surface area contributed by atoms with Crippen LogP contribution in [0.5, 0.6) is 0 Å². The van der Waals surface area contributed by atoms with E-state index in [1.54, 1.807) is 0 Å². The summed E-state index contributed by atoms with van der Waals surface area (Å²) in [5, 5.41) is 0.0124. The number of hydrogen-bond donors (Lipinski definition) is 0. The molecule has 2 nitrogen and oxygen atoms in total. The van der Waals surface area contributed by atoms with Crippen LogP contribution in [-0.4, -0.2) is 12.5 Å². The number of alkyl halides is 3. The number of benzene rings is 1. The zero-order valence-corrected chi connectivity index (χ0v) is 10.9.